The lowest BCUT2D eigenvalue weighted by Gasteiger charge is -2.18. The first kappa shape index (κ1) is 11.1. The van der Waals surface area contributed by atoms with Gasteiger partial charge in [-0.1, -0.05) is 20.8 Å². The van der Waals surface area contributed by atoms with Crippen LogP contribution >= 0.6 is 0 Å². The number of nitrogens with zero attached hydrogens (tertiary/aromatic N) is 1. The Morgan fingerprint density at radius 2 is 1.67 bits per heavy atom. The molecule has 12 heavy (non-hydrogen) atoms. The minimum Gasteiger partial charge on any atom is -0.374 e. The number of allylic oxidation sites excluding steroid dienone is 1. The third-order valence-electron chi connectivity index (χ3n) is 1.20. The number of hydrogen-bond acceptors (Lipinski definition) is 2. The summed E-state index contributed by atoms with van der Waals surface area (Å²) in [4.78, 5) is 3.38. The molecule has 0 rings (SSSR count). The minimum absolute atomic E-state index is 0.0532. The molecule has 2 N–H and O–H groups in total. The van der Waals surface area contributed by atoms with Gasteiger partial charge in [0, 0.05) is 12.3 Å². The molecule has 0 aliphatic rings. The molecule has 0 fully saturated rings. The van der Waals surface area contributed by atoms with Gasteiger partial charge in [0.2, 0.25) is 5.95 Å². The van der Waals surface area contributed by atoms with E-state index in [4.69, 9.17) is 5.73 Å². The molecule has 0 atom stereocenters. The second-order valence-corrected chi connectivity index (χ2v) is 3.56. The Kier molecular flexibility index (Phi) is 3.36. The topological polar surface area (TPSA) is 38.4 Å². The average Bonchev–Trinajstić information content (AvgIpc) is 1.79. The lowest BCUT2D eigenvalue weighted by molar-refractivity contribution is 0.460. The first-order valence-corrected chi connectivity index (χ1v) is 3.61. The second kappa shape index (κ2) is 3.65. The van der Waals surface area contributed by atoms with Crippen LogP contribution in [-0.2, 0) is 0 Å². The van der Waals surface area contributed by atoms with Crippen molar-refractivity contribution in [2.45, 2.75) is 27.7 Å². The van der Waals surface area contributed by atoms with E-state index in [2.05, 4.69) is 4.99 Å². The van der Waals surface area contributed by atoms with Gasteiger partial charge in [-0.25, -0.2) is 4.99 Å². The molecule has 0 radical (unpaired) electrons. The van der Waals surface area contributed by atoms with Crippen molar-refractivity contribution in [3.63, 3.8) is 0 Å². The average molecular weight is 176 g/mol. The lowest BCUT2D eigenvalue weighted by Crippen LogP contribution is -2.13. The summed E-state index contributed by atoms with van der Waals surface area (Å²) in [6.45, 7) is 6.28. The van der Waals surface area contributed by atoms with Crippen molar-refractivity contribution in [1.29, 1.82) is 0 Å². The molecule has 0 aromatic rings. The first-order valence-electron chi connectivity index (χ1n) is 3.61. The highest BCUT2D eigenvalue weighted by atomic mass is 19.1. The second-order valence-electron chi connectivity index (χ2n) is 3.56. The summed E-state index contributed by atoms with van der Waals surface area (Å²) in [6, 6.07) is 0. The summed E-state index contributed by atoms with van der Waals surface area (Å²) in [5.41, 5.74) is 4.28. The van der Waals surface area contributed by atoms with E-state index in [0.29, 0.717) is 0 Å². The van der Waals surface area contributed by atoms with Crippen LogP contribution in [0.25, 0.3) is 0 Å². The molecule has 0 amide bonds. The molecular formula is C8H14F2N2. The third kappa shape index (κ3) is 3.46. The zero-order chi connectivity index (χ0) is 9.94. The highest BCUT2D eigenvalue weighted by Crippen LogP contribution is 2.28. The molecular weight excluding hydrogens is 162 g/mol. The Hall–Kier alpha value is -0.930. The minimum atomic E-state index is -0.931. The van der Waals surface area contributed by atoms with Crippen LogP contribution < -0.4 is 5.73 Å². The maximum atomic E-state index is 12.6. The van der Waals surface area contributed by atoms with E-state index in [1.807, 2.05) is 0 Å². The van der Waals surface area contributed by atoms with Crippen molar-refractivity contribution >= 4 is 5.97 Å². The summed E-state index contributed by atoms with van der Waals surface area (Å²) < 4.78 is 24.9. The van der Waals surface area contributed by atoms with E-state index in [1.54, 1.807) is 20.8 Å². The van der Waals surface area contributed by atoms with E-state index < -0.39 is 17.3 Å². The Morgan fingerprint density at radius 3 is 1.75 bits per heavy atom. The van der Waals surface area contributed by atoms with E-state index in [9.17, 15) is 8.78 Å². The van der Waals surface area contributed by atoms with Gasteiger partial charge < -0.3 is 5.73 Å². The van der Waals surface area contributed by atoms with Crippen molar-refractivity contribution in [1.82, 2.24) is 0 Å². The van der Waals surface area contributed by atoms with Gasteiger partial charge in [-0.2, -0.15) is 8.78 Å². The molecule has 4 heteroatoms. The van der Waals surface area contributed by atoms with Crippen LogP contribution in [-0.4, -0.2) is 5.97 Å². The van der Waals surface area contributed by atoms with E-state index in [1.165, 1.54) is 0 Å². The summed E-state index contributed by atoms with van der Waals surface area (Å²) in [5, 5.41) is 0. The molecule has 0 bridgehead atoms. The van der Waals surface area contributed by atoms with Crippen LogP contribution in [0.5, 0.6) is 0 Å². The molecule has 0 spiro atoms. The zero-order valence-electron chi connectivity index (χ0n) is 7.78. The molecule has 0 saturated carbocycles. The smallest absolute Gasteiger partial charge is 0.206 e. The summed E-state index contributed by atoms with van der Waals surface area (Å²) in [7, 11) is 0. The van der Waals surface area contributed by atoms with Gasteiger partial charge in [0.25, 0.3) is 0 Å². The maximum Gasteiger partial charge on any atom is 0.206 e. The monoisotopic (exact) mass is 176 g/mol. The van der Waals surface area contributed by atoms with E-state index in [-0.39, 0.29) is 5.70 Å². The van der Waals surface area contributed by atoms with Gasteiger partial charge in [-0.15, -0.1) is 0 Å². The molecule has 70 valence electrons. The van der Waals surface area contributed by atoms with Crippen LogP contribution in [0.4, 0.5) is 8.78 Å². The molecule has 2 nitrogen and oxygen atoms in total. The standard InChI is InChI=1S/C8H14F2N2/c1-5(9)12-6(7(10)11)8(2,3)4/h11H2,1-4H3/b7-6-,12-5+. The fraction of sp³-hybridized carbons (Fsp3) is 0.625. The molecule has 0 aromatic carbocycles. The normalized spacial score (nSPS) is 16.0. The Morgan fingerprint density at radius 1 is 1.25 bits per heavy atom. The Labute approximate surface area is 71.2 Å². The van der Waals surface area contributed by atoms with Gasteiger partial charge in [-0.05, 0) is 0 Å². The quantitative estimate of drug-likeness (QED) is 0.484. The fourth-order valence-electron chi connectivity index (χ4n) is 0.733. The number of hydrogen-bond donors (Lipinski definition) is 1. The largest absolute Gasteiger partial charge is 0.374 e. The number of aliphatic imine (C=N–C) groups is 1. The molecule has 0 heterocycles. The number of rotatable bonds is 1. The van der Waals surface area contributed by atoms with Gasteiger partial charge in [0.15, 0.2) is 5.97 Å². The van der Waals surface area contributed by atoms with Crippen molar-refractivity contribution in [3.8, 4) is 0 Å². The highest BCUT2D eigenvalue weighted by Gasteiger charge is 2.20. The number of nitrogens with two attached hydrogens (primary N) is 1. The molecule has 0 aliphatic carbocycles. The molecule has 0 saturated heterocycles. The van der Waals surface area contributed by atoms with Gasteiger partial charge in [-0.3, -0.25) is 0 Å². The van der Waals surface area contributed by atoms with Crippen LogP contribution in [0, 0.1) is 5.41 Å². The molecule has 0 unspecified atom stereocenters. The lowest BCUT2D eigenvalue weighted by atomic mass is 9.92. The molecule has 0 aromatic heterocycles. The Bertz CT molecular complexity index is 216. The van der Waals surface area contributed by atoms with Crippen molar-refractivity contribution < 1.29 is 8.78 Å². The number of halogens is 2. The van der Waals surface area contributed by atoms with Gasteiger partial charge in [0.1, 0.15) is 5.70 Å². The van der Waals surface area contributed by atoms with Crippen molar-refractivity contribution in [2.24, 2.45) is 16.1 Å². The zero-order valence-corrected chi connectivity index (χ0v) is 7.78. The van der Waals surface area contributed by atoms with Gasteiger partial charge in [0.05, 0.1) is 0 Å². The fourth-order valence-corrected chi connectivity index (χ4v) is 0.733. The summed E-state index contributed by atoms with van der Waals surface area (Å²) >= 11 is 0. The van der Waals surface area contributed by atoms with Crippen LogP contribution in [0.15, 0.2) is 16.6 Å². The predicted molar refractivity (Wildman–Crippen MR) is 46.0 cm³/mol. The van der Waals surface area contributed by atoms with Crippen molar-refractivity contribution in [2.75, 3.05) is 0 Å². The maximum absolute atomic E-state index is 12.6. The third-order valence-corrected chi connectivity index (χ3v) is 1.20. The predicted octanol–water partition coefficient (Wildman–Crippen LogP) is 2.52. The summed E-state index contributed by atoms with van der Waals surface area (Å²) in [6.07, 6.45) is 0. The SMILES string of the molecule is C/C(F)=N\C(=C(/N)F)C(C)(C)C. The van der Waals surface area contributed by atoms with E-state index in [0.717, 1.165) is 6.92 Å². The Balaban J connectivity index is 4.99. The highest BCUT2D eigenvalue weighted by molar-refractivity contribution is 5.73. The van der Waals surface area contributed by atoms with Crippen LogP contribution in [0.2, 0.25) is 0 Å². The van der Waals surface area contributed by atoms with Crippen LogP contribution in [0.1, 0.15) is 27.7 Å². The van der Waals surface area contributed by atoms with E-state index >= 15 is 0 Å². The molecule has 0 aliphatic heterocycles. The summed E-state index contributed by atoms with van der Waals surface area (Å²) in [5.74, 6) is -1.62. The first-order chi connectivity index (χ1) is 5.25. The van der Waals surface area contributed by atoms with Gasteiger partial charge >= 0.3 is 0 Å². The van der Waals surface area contributed by atoms with Crippen LogP contribution in [0.3, 0.4) is 0 Å². The van der Waals surface area contributed by atoms with Crippen molar-refractivity contribution in [3.05, 3.63) is 11.6 Å².